The number of aromatic amines is 1. The Morgan fingerprint density at radius 1 is 1.46 bits per heavy atom. The maximum atomic E-state index is 11.3. The van der Waals surface area contributed by atoms with Gasteiger partial charge >= 0.3 is 0 Å². The Morgan fingerprint density at radius 2 is 2.15 bits per heavy atom. The first-order valence-electron chi connectivity index (χ1n) is 3.81. The zero-order chi connectivity index (χ0) is 9.84. The summed E-state index contributed by atoms with van der Waals surface area (Å²) in [5.41, 5.74) is 0.244. The van der Waals surface area contributed by atoms with Crippen LogP contribution in [0.15, 0.2) is 4.79 Å². The number of nitrogens with zero attached hydrogens (tertiary/aromatic N) is 1. The lowest BCUT2D eigenvalue weighted by molar-refractivity contribution is 0.177. The van der Waals surface area contributed by atoms with Gasteiger partial charge in [-0.05, 0) is 6.92 Å². The van der Waals surface area contributed by atoms with Crippen LogP contribution in [-0.4, -0.2) is 24.2 Å². The standard InChI is InChI=1S/C8H12N2O3/c1-5-9-6(4-12-2)7(13-3)8(11)10-5/h4H2,1-3H3,(H,9,10,11). The van der Waals surface area contributed by atoms with Gasteiger partial charge in [0, 0.05) is 7.11 Å². The first kappa shape index (κ1) is 9.73. The van der Waals surface area contributed by atoms with Crippen LogP contribution in [0.5, 0.6) is 5.75 Å². The predicted molar refractivity (Wildman–Crippen MR) is 46.9 cm³/mol. The minimum absolute atomic E-state index is 0.215. The van der Waals surface area contributed by atoms with Crippen molar-refractivity contribution in [1.29, 1.82) is 0 Å². The minimum Gasteiger partial charge on any atom is -0.490 e. The molecule has 0 atom stereocenters. The van der Waals surface area contributed by atoms with Crippen LogP contribution >= 0.6 is 0 Å². The highest BCUT2D eigenvalue weighted by Crippen LogP contribution is 2.09. The molecular weight excluding hydrogens is 172 g/mol. The number of hydrogen-bond donors (Lipinski definition) is 1. The first-order valence-corrected chi connectivity index (χ1v) is 3.81. The molecule has 0 aliphatic carbocycles. The zero-order valence-corrected chi connectivity index (χ0v) is 7.88. The third-order valence-corrected chi connectivity index (χ3v) is 1.55. The van der Waals surface area contributed by atoms with E-state index in [0.717, 1.165) is 0 Å². The maximum absolute atomic E-state index is 11.3. The van der Waals surface area contributed by atoms with Gasteiger partial charge in [0.15, 0.2) is 0 Å². The van der Waals surface area contributed by atoms with E-state index in [4.69, 9.17) is 9.47 Å². The number of H-pyrrole nitrogens is 1. The normalized spacial score (nSPS) is 10.1. The molecule has 5 heteroatoms. The Balaban J connectivity index is 3.21. The van der Waals surface area contributed by atoms with Crippen LogP contribution in [0.25, 0.3) is 0 Å². The van der Waals surface area contributed by atoms with Crippen LogP contribution in [-0.2, 0) is 11.3 Å². The number of rotatable bonds is 3. The van der Waals surface area contributed by atoms with Crippen LogP contribution in [0.1, 0.15) is 11.5 Å². The summed E-state index contributed by atoms with van der Waals surface area (Å²) in [6.45, 7) is 1.98. The summed E-state index contributed by atoms with van der Waals surface area (Å²) in [6.07, 6.45) is 0. The van der Waals surface area contributed by atoms with Gasteiger partial charge in [-0.15, -0.1) is 0 Å². The lowest BCUT2D eigenvalue weighted by Crippen LogP contribution is -2.16. The lowest BCUT2D eigenvalue weighted by Gasteiger charge is -2.05. The molecule has 0 aromatic carbocycles. The van der Waals surface area contributed by atoms with Crippen molar-refractivity contribution in [3.63, 3.8) is 0 Å². The maximum Gasteiger partial charge on any atom is 0.293 e. The molecule has 0 aliphatic rings. The van der Waals surface area contributed by atoms with E-state index in [0.29, 0.717) is 11.5 Å². The van der Waals surface area contributed by atoms with Crippen molar-refractivity contribution in [3.8, 4) is 5.75 Å². The fraction of sp³-hybridized carbons (Fsp3) is 0.500. The van der Waals surface area contributed by atoms with E-state index in [1.807, 2.05) is 0 Å². The monoisotopic (exact) mass is 184 g/mol. The molecule has 0 fully saturated rings. The van der Waals surface area contributed by atoms with Crippen molar-refractivity contribution >= 4 is 0 Å². The second kappa shape index (κ2) is 4.04. The Bertz CT molecular complexity index is 346. The molecule has 13 heavy (non-hydrogen) atoms. The third kappa shape index (κ3) is 2.06. The highest BCUT2D eigenvalue weighted by atomic mass is 16.5. The molecule has 0 spiro atoms. The molecule has 0 bridgehead atoms. The summed E-state index contributed by atoms with van der Waals surface area (Å²) in [4.78, 5) is 17.9. The highest BCUT2D eigenvalue weighted by molar-refractivity contribution is 5.24. The summed E-state index contributed by atoms with van der Waals surface area (Å²) < 4.78 is 9.78. The molecule has 1 aromatic heterocycles. The van der Waals surface area contributed by atoms with Crippen LogP contribution < -0.4 is 10.3 Å². The van der Waals surface area contributed by atoms with Crippen LogP contribution in [0.4, 0.5) is 0 Å². The van der Waals surface area contributed by atoms with Gasteiger partial charge in [-0.2, -0.15) is 0 Å². The molecule has 1 heterocycles. The average molecular weight is 184 g/mol. The Hall–Kier alpha value is -1.36. The first-order chi connectivity index (χ1) is 6.19. The molecule has 0 unspecified atom stereocenters. The Kier molecular flexibility index (Phi) is 3.02. The van der Waals surface area contributed by atoms with Gasteiger partial charge in [0.1, 0.15) is 11.5 Å². The molecule has 1 rings (SSSR count). The van der Waals surface area contributed by atoms with Gasteiger partial charge in [-0.3, -0.25) is 4.79 Å². The van der Waals surface area contributed by atoms with E-state index in [1.54, 1.807) is 6.92 Å². The number of hydrogen-bond acceptors (Lipinski definition) is 4. The minimum atomic E-state index is -0.276. The van der Waals surface area contributed by atoms with Gasteiger partial charge in [0.2, 0.25) is 5.75 Å². The van der Waals surface area contributed by atoms with E-state index < -0.39 is 0 Å². The van der Waals surface area contributed by atoms with E-state index in [-0.39, 0.29) is 17.9 Å². The van der Waals surface area contributed by atoms with Gasteiger partial charge in [0.05, 0.1) is 13.7 Å². The molecule has 0 aliphatic heterocycles. The molecule has 1 N–H and O–H groups in total. The Labute approximate surface area is 75.7 Å². The quantitative estimate of drug-likeness (QED) is 0.730. The van der Waals surface area contributed by atoms with Crippen LogP contribution in [0, 0.1) is 6.92 Å². The van der Waals surface area contributed by atoms with Crippen molar-refractivity contribution in [2.24, 2.45) is 0 Å². The number of methoxy groups -OCH3 is 2. The number of nitrogens with one attached hydrogen (secondary N) is 1. The average Bonchev–Trinajstić information content (AvgIpc) is 2.04. The summed E-state index contributed by atoms with van der Waals surface area (Å²) in [5.74, 6) is 0.769. The molecule has 72 valence electrons. The van der Waals surface area contributed by atoms with Crippen LogP contribution in [0.3, 0.4) is 0 Å². The van der Waals surface area contributed by atoms with E-state index in [9.17, 15) is 4.79 Å². The molecule has 0 saturated carbocycles. The highest BCUT2D eigenvalue weighted by Gasteiger charge is 2.09. The third-order valence-electron chi connectivity index (χ3n) is 1.55. The molecule has 5 nitrogen and oxygen atoms in total. The molecule has 0 saturated heterocycles. The van der Waals surface area contributed by atoms with Crippen molar-refractivity contribution in [2.45, 2.75) is 13.5 Å². The van der Waals surface area contributed by atoms with Crippen molar-refractivity contribution in [1.82, 2.24) is 9.97 Å². The smallest absolute Gasteiger partial charge is 0.293 e. The number of aromatic nitrogens is 2. The van der Waals surface area contributed by atoms with Crippen molar-refractivity contribution in [2.75, 3.05) is 14.2 Å². The second-order valence-corrected chi connectivity index (χ2v) is 2.56. The number of aryl methyl sites for hydroxylation is 1. The van der Waals surface area contributed by atoms with Gasteiger partial charge < -0.3 is 14.5 Å². The largest absolute Gasteiger partial charge is 0.490 e. The van der Waals surface area contributed by atoms with E-state index >= 15 is 0 Å². The second-order valence-electron chi connectivity index (χ2n) is 2.56. The summed E-state index contributed by atoms with van der Waals surface area (Å²) in [6, 6.07) is 0. The zero-order valence-electron chi connectivity index (χ0n) is 7.88. The SMILES string of the molecule is COCc1nc(C)[nH]c(=O)c1OC. The summed E-state index contributed by atoms with van der Waals surface area (Å²) in [5, 5.41) is 0. The predicted octanol–water partition coefficient (Wildman–Crippen LogP) is 0.233. The van der Waals surface area contributed by atoms with Gasteiger partial charge in [-0.25, -0.2) is 4.98 Å². The van der Waals surface area contributed by atoms with Crippen molar-refractivity contribution < 1.29 is 9.47 Å². The Morgan fingerprint density at radius 3 is 2.69 bits per heavy atom. The van der Waals surface area contributed by atoms with E-state index in [2.05, 4.69) is 9.97 Å². The van der Waals surface area contributed by atoms with Gasteiger partial charge in [0.25, 0.3) is 5.56 Å². The summed E-state index contributed by atoms with van der Waals surface area (Å²) in [7, 11) is 2.97. The molecule has 0 radical (unpaired) electrons. The molecule has 1 aromatic rings. The van der Waals surface area contributed by atoms with Gasteiger partial charge in [-0.1, -0.05) is 0 Å². The molecule has 0 amide bonds. The van der Waals surface area contributed by atoms with E-state index in [1.165, 1.54) is 14.2 Å². The summed E-state index contributed by atoms with van der Waals surface area (Å²) >= 11 is 0. The topological polar surface area (TPSA) is 64.2 Å². The number of ether oxygens (including phenoxy) is 2. The van der Waals surface area contributed by atoms with Crippen molar-refractivity contribution in [3.05, 3.63) is 21.9 Å². The lowest BCUT2D eigenvalue weighted by atomic mass is 10.4. The van der Waals surface area contributed by atoms with Crippen LogP contribution in [0.2, 0.25) is 0 Å². The molecular formula is C8H12N2O3. The fourth-order valence-electron chi connectivity index (χ4n) is 1.08. The fourth-order valence-corrected chi connectivity index (χ4v) is 1.08.